The molecule has 1 aromatic rings. The zero-order valence-electron chi connectivity index (χ0n) is 9.31. The van der Waals surface area contributed by atoms with Gasteiger partial charge in [-0.05, 0) is 30.2 Å². The first-order chi connectivity index (χ1) is 7.86. The van der Waals surface area contributed by atoms with Crippen LogP contribution in [0.1, 0.15) is 24.5 Å². The molecular weight excluding hydrogens is 234 g/mol. The maximum atomic E-state index is 13.1. The summed E-state index contributed by atoms with van der Waals surface area (Å²) < 4.78 is 50.4. The van der Waals surface area contributed by atoms with Crippen LogP contribution in [0, 0.1) is 5.82 Å². The lowest BCUT2D eigenvalue weighted by Crippen LogP contribution is -2.06. The van der Waals surface area contributed by atoms with Gasteiger partial charge in [-0.2, -0.15) is 13.2 Å². The van der Waals surface area contributed by atoms with E-state index in [1.54, 1.807) is 0 Å². The fourth-order valence-corrected chi connectivity index (χ4v) is 1.40. The number of alkyl halides is 3. The van der Waals surface area contributed by atoms with Crippen LogP contribution in [0.2, 0.25) is 0 Å². The van der Waals surface area contributed by atoms with Gasteiger partial charge in [0, 0.05) is 6.54 Å². The topological polar surface area (TPSA) is 26.0 Å². The summed E-state index contributed by atoms with van der Waals surface area (Å²) in [5.41, 5.74) is 5.37. The van der Waals surface area contributed by atoms with Crippen molar-refractivity contribution >= 4 is 6.08 Å². The van der Waals surface area contributed by atoms with Gasteiger partial charge in [0.25, 0.3) is 0 Å². The molecule has 0 radical (unpaired) electrons. The van der Waals surface area contributed by atoms with Gasteiger partial charge in [-0.3, -0.25) is 0 Å². The second kappa shape index (κ2) is 5.31. The van der Waals surface area contributed by atoms with Crippen molar-refractivity contribution < 1.29 is 17.6 Å². The molecule has 1 aromatic carbocycles. The smallest absolute Gasteiger partial charge is 0.327 e. The predicted octanol–water partition coefficient (Wildman–Crippen LogP) is 3.60. The van der Waals surface area contributed by atoms with Crippen molar-refractivity contribution in [3.63, 3.8) is 0 Å². The molecular formula is C12H13F4N. The summed E-state index contributed by atoms with van der Waals surface area (Å²) in [5, 5.41) is 0. The van der Waals surface area contributed by atoms with Crippen molar-refractivity contribution in [1.82, 2.24) is 0 Å². The molecule has 0 aliphatic heterocycles. The van der Waals surface area contributed by atoms with Gasteiger partial charge in [0.2, 0.25) is 0 Å². The van der Waals surface area contributed by atoms with Gasteiger partial charge in [-0.25, -0.2) is 4.39 Å². The average Bonchev–Trinajstić information content (AvgIpc) is 2.24. The number of hydrogen-bond acceptors (Lipinski definition) is 1. The fraction of sp³-hybridized carbons (Fsp3) is 0.333. The quantitative estimate of drug-likeness (QED) is 0.811. The molecule has 5 heteroatoms. The first-order valence-corrected chi connectivity index (χ1v) is 5.14. The van der Waals surface area contributed by atoms with E-state index in [1.165, 1.54) is 6.08 Å². The van der Waals surface area contributed by atoms with Crippen molar-refractivity contribution in [3.8, 4) is 0 Å². The Balaban J connectivity index is 3.18. The molecule has 94 valence electrons. The minimum atomic E-state index is -4.54. The molecule has 0 saturated carbocycles. The molecule has 17 heavy (non-hydrogen) atoms. The first-order valence-electron chi connectivity index (χ1n) is 5.14. The Morgan fingerprint density at radius 2 is 1.94 bits per heavy atom. The van der Waals surface area contributed by atoms with Gasteiger partial charge in [-0.1, -0.05) is 18.6 Å². The molecule has 2 N–H and O–H groups in total. The number of hydrogen-bond donors (Lipinski definition) is 1. The molecule has 0 amide bonds. The SMILES string of the molecule is CC/C(=C/c1cc(F)cc(C(F)(F)F)c1)CN. The van der Waals surface area contributed by atoms with Crippen LogP contribution in [0.15, 0.2) is 23.8 Å². The Hall–Kier alpha value is -1.36. The standard InChI is InChI=1S/C12H13F4N/c1-2-8(7-17)3-9-4-10(12(14,15)16)6-11(13)5-9/h3-6H,2,7,17H2,1H3/b8-3-. The summed E-state index contributed by atoms with van der Waals surface area (Å²) in [5.74, 6) is -0.904. The lowest BCUT2D eigenvalue weighted by Gasteiger charge is -2.08. The normalized spacial score (nSPS) is 12.9. The largest absolute Gasteiger partial charge is 0.416 e. The zero-order chi connectivity index (χ0) is 13.1. The van der Waals surface area contributed by atoms with Crippen molar-refractivity contribution in [2.75, 3.05) is 6.54 Å². The van der Waals surface area contributed by atoms with Crippen LogP contribution in [0.25, 0.3) is 6.08 Å². The van der Waals surface area contributed by atoms with Crippen molar-refractivity contribution in [1.29, 1.82) is 0 Å². The van der Waals surface area contributed by atoms with Crippen LogP contribution < -0.4 is 5.73 Å². The van der Waals surface area contributed by atoms with E-state index in [0.29, 0.717) is 12.5 Å². The van der Waals surface area contributed by atoms with Crippen molar-refractivity contribution in [2.45, 2.75) is 19.5 Å². The molecule has 0 heterocycles. The third kappa shape index (κ3) is 3.85. The molecule has 1 rings (SSSR count). The Morgan fingerprint density at radius 3 is 2.41 bits per heavy atom. The predicted molar refractivity (Wildman–Crippen MR) is 58.7 cm³/mol. The minimum Gasteiger partial charge on any atom is -0.327 e. The molecule has 0 spiro atoms. The highest BCUT2D eigenvalue weighted by atomic mass is 19.4. The zero-order valence-corrected chi connectivity index (χ0v) is 9.31. The molecule has 0 aliphatic carbocycles. The van der Waals surface area contributed by atoms with Crippen molar-refractivity contribution in [3.05, 3.63) is 40.7 Å². The third-order valence-corrected chi connectivity index (χ3v) is 2.33. The number of nitrogens with two attached hydrogens (primary N) is 1. The maximum Gasteiger partial charge on any atom is 0.416 e. The minimum absolute atomic E-state index is 0.180. The van der Waals surface area contributed by atoms with Crippen LogP contribution >= 0.6 is 0 Å². The Bertz CT molecular complexity index is 415. The van der Waals surface area contributed by atoms with Gasteiger partial charge >= 0.3 is 6.18 Å². The second-order valence-corrected chi connectivity index (χ2v) is 3.63. The first kappa shape index (κ1) is 13.7. The van der Waals surface area contributed by atoms with Gasteiger partial charge in [0.15, 0.2) is 0 Å². The Labute approximate surface area is 96.9 Å². The summed E-state index contributed by atoms with van der Waals surface area (Å²) in [6.07, 6.45) is -2.44. The van der Waals surface area contributed by atoms with Crippen LogP contribution in [0.3, 0.4) is 0 Å². The van der Waals surface area contributed by atoms with Crippen LogP contribution in [0.4, 0.5) is 17.6 Å². The van der Waals surface area contributed by atoms with Crippen LogP contribution in [-0.2, 0) is 6.18 Å². The lowest BCUT2D eigenvalue weighted by molar-refractivity contribution is -0.137. The van der Waals surface area contributed by atoms with Crippen LogP contribution in [-0.4, -0.2) is 6.54 Å². The van der Waals surface area contributed by atoms with E-state index in [0.717, 1.165) is 17.7 Å². The summed E-state index contributed by atoms with van der Waals surface area (Å²) in [6.45, 7) is 2.08. The third-order valence-electron chi connectivity index (χ3n) is 2.33. The van der Waals surface area contributed by atoms with Crippen LogP contribution in [0.5, 0.6) is 0 Å². The summed E-state index contributed by atoms with van der Waals surface area (Å²) in [6, 6.07) is 2.44. The fourth-order valence-electron chi connectivity index (χ4n) is 1.40. The summed E-state index contributed by atoms with van der Waals surface area (Å²) >= 11 is 0. The highest BCUT2D eigenvalue weighted by Gasteiger charge is 2.31. The van der Waals surface area contributed by atoms with E-state index < -0.39 is 17.6 Å². The van der Waals surface area contributed by atoms with E-state index in [9.17, 15) is 17.6 Å². The maximum absolute atomic E-state index is 13.1. The Morgan fingerprint density at radius 1 is 1.29 bits per heavy atom. The van der Waals surface area contributed by atoms with E-state index >= 15 is 0 Å². The highest BCUT2D eigenvalue weighted by Crippen LogP contribution is 2.30. The lowest BCUT2D eigenvalue weighted by atomic mass is 10.1. The highest BCUT2D eigenvalue weighted by molar-refractivity contribution is 5.54. The summed E-state index contributed by atoms with van der Waals surface area (Å²) in [4.78, 5) is 0. The van der Waals surface area contributed by atoms with Gasteiger partial charge in [0.1, 0.15) is 5.82 Å². The van der Waals surface area contributed by atoms with E-state index in [1.807, 2.05) is 6.92 Å². The Kier molecular flexibility index (Phi) is 4.28. The molecule has 0 unspecified atom stereocenters. The monoisotopic (exact) mass is 247 g/mol. The molecule has 1 nitrogen and oxygen atoms in total. The number of halogens is 4. The summed E-state index contributed by atoms with van der Waals surface area (Å²) in [7, 11) is 0. The second-order valence-electron chi connectivity index (χ2n) is 3.63. The van der Waals surface area contributed by atoms with E-state index in [4.69, 9.17) is 5.73 Å². The van der Waals surface area contributed by atoms with Gasteiger partial charge in [0.05, 0.1) is 5.56 Å². The van der Waals surface area contributed by atoms with Crippen molar-refractivity contribution in [2.24, 2.45) is 5.73 Å². The molecule has 0 aromatic heterocycles. The number of benzene rings is 1. The molecule has 0 bridgehead atoms. The van der Waals surface area contributed by atoms with Gasteiger partial charge < -0.3 is 5.73 Å². The molecule has 0 atom stereocenters. The average molecular weight is 247 g/mol. The van der Waals surface area contributed by atoms with E-state index in [-0.39, 0.29) is 12.1 Å². The molecule has 0 aliphatic rings. The number of rotatable bonds is 3. The molecule has 0 fully saturated rings. The van der Waals surface area contributed by atoms with E-state index in [2.05, 4.69) is 0 Å². The molecule has 0 saturated heterocycles. The van der Waals surface area contributed by atoms with Gasteiger partial charge in [-0.15, -0.1) is 0 Å².